The van der Waals surface area contributed by atoms with Crippen LogP contribution in [0.15, 0.2) is 24.4 Å². The number of carbonyl (C=O) groups excluding carboxylic acids is 2. The van der Waals surface area contributed by atoms with Crippen LogP contribution in [-0.4, -0.2) is 33.4 Å². The van der Waals surface area contributed by atoms with Crippen molar-refractivity contribution in [2.45, 2.75) is 12.7 Å². The van der Waals surface area contributed by atoms with Crippen LogP contribution in [0, 0.1) is 10.1 Å². The summed E-state index contributed by atoms with van der Waals surface area (Å²) in [7, 11) is 0. The quantitative estimate of drug-likeness (QED) is 0.589. The highest BCUT2D eigenvalue weighted by molar-refractivity contribution is 6.01. The third kappa shape index (κ3) is 4.11. The van der Waals surface area contributed by atoms with Gasteiger partial charge < -0.3 is 14.8 Å². The number of aromatic nitrogens is 2. The van der Waals surface area contributed by atoms with Gasteiger partial charge in [-0.3, -0.25) is 24.9 Å². The molecule has 0 bridgehead atoms. The molecular formula is C14H10F3N5O6. The Morgan fingerprint density at radius 3 is 2.64 bits per heavy atom. The minimum atomic E-state index is -5.07. The number of anilines is 1. The monoisotopic (exact) mass is 401 g/mol. The van der Waals surface area contributed by atoms with Gasteiger partial charge in [0, 0.05) is 11.8 Å². The van der Waals surface area contributed by atoms with Crippen LogP contribution in [0.2, 0.25) is 0 Å². The van der Waals surface area contributed by atoms with Crippen LogP contribution in [0.25, 0.3) is 0 Å². The van der Waals surface area contributed by atoms with Crippen LogP contribution >= 0.6 is 0 Å². The maximum atomic E-state index is 12.7. The van der Waals surface area contributed by atoms with Gasteiger partial charge in [0.1, 0.15) is 12.7 Å². The molecule has 28 heavy (non-hydrogen) atoms. The van der Waals surface area contributed by atoms with E-state index in [1.54, 1.807) is 0 Å². The Labute approximate surface area is 153 Å². The summed E-state index contributed by atoms with van der Waals surface area (Å²) in [4.78, 5) is 33.1. The Kier molecular flexibility index (Phi) is 4.77. The second-order valence-corrected chi connectivity index (χ2v) is 5.39. The molecule has 11 nitrogen and oxygen atoms in total. The van der Waals surface area contributed by atoms with E-state index < -0.39 is 41.0 Å². The molecular weight excluding hydrogens is 391 g/mol. The number of halogens is 3. The van der Waals surface area contributed by atoms with Crippen molar-refractivity contribution in [3.63, 3.8) is 0 Å². The number of alkyl halides is 3. The summed E-state index contributed by atoms with van der Waals surface area (Å²) in [6.07, 6.45) is -4.61. The standard InChI is InChI=1S/C14H10F3N5O6/c15-14(16,17)12-8(22(25)26)4-21(20-12)5-11(23)19-13(24)18-7-1-2-9-10(3-7)28-6-27-9/h1-4H,5-6H2,(H2,18,19,23,24). The Morgan fingerprint density at radius 2 is 2.00 bits per heavy atom. The third-order valence-electron chi connectivity index (χ3n) is 3.40. The number of ether oxygens (including phenoxy) is 2. The second-order valence-electron chi connectivity index (χ2n) is 5.39. The molecule has 1 aliphatic rings. The number of hydrogen-bond donors (Lipinski definition) is 2. The maximum Gasteiger partial charge on any atom is 0.442 e. The summed E-state index contributed by atoms with van der Waals surface area (Å²) in [6.45, 7) is -0.815. The maximum absolute atomic E-state index is 12.7. The molecule has 1 aromatic heterocycles. The van der Waals surface area contributed by atoms with Crippen LogP contribution in [-0.2, 0) is 17.5 Å². The summed E-state index contributed by atoms with van der Waals surface area (Å²) in [5.41, 5.74) is -2.77. The van der Waals surface area contributed by atoms with Crippen molar-refractivity contribution >= 4 is 23.3 Å². The van der Waals surface area contributed by atoms with Gasteiger partial charge in [0.15, 0.2) is 11.5 Å². The lowest BCUT2D eigenvalue weighted by atomic mass is 10.3. The lowest BCUT2D eigenvalue weighted by molar-refractivity contribution is -0.388. The van der Waals surface area contributed by atoms with Crippen molar-refractivity contribution in [1.82, 2.24) is 15.1 Å². The Morgan fingerprint density at radius 1 is 1.29 bits per heavy atom. The number of rotatable bonds is 4. The van der Waals surface area contributed by atoms with Gasteiger partial charge >= 0.3 is 17.9 Å². The van der Waals surface area contributed by atoms with Crippen molar-refractivity contribution < 1.29 is 37.2 Å². The SMILES string of the molecule is O=C(Cn1cc([N+](=O)[O-])c(C(F)(F)F)n1)NC(=O)Nc1ccc2c(c1)OCO2. The van der Waals surface area contributed by atoms with Crippen LogP contribution in [0.4, 0.5) is 29.3 Å². The Bertz CT molecular complexity index is 957. The van der Waals surface area contributed by atoms with Gasteiger partial charge in [-0.05, 0) is 12.1 Å². The van der Waals surface area contributed by atoms with E-state index >= 15 is 0 Å². The predicted molar refractivity (Wildman–Crippen MR) is 83.6 cm³/mol. The van der Waals surface area contributed by atoms with Crippen molar-refractivity contribution in [3.05, 3.63) is 40.2 Å². The van der Waals surface area contributed by atoms with Gasteiger partial charge in [-0.1, -0.05) is 0 Å². The zero-order valence-corrected chi connectivity index (χ0v) is 13.6. The topological polar surface area (TPSA) is 138 Å². The van der Waals surface area contributed by atoms with Crippen LogP contribution in [0.5, 0.6) is 11.5 Å². The van der Waals surface area contributed by atoms with Gasteiger partial charge in [-0.2, -0.15) is 18.3 Å². The average Bonchev–Trinajstić information content (AvgIpc) is 3.20. The summed E-state index contributed by atoms with van der Waals surface area (Å²) in [6, 6.07) is 3.48. The van der Waals surface area contributed by atoms with Gasteiger partial charge in [-0.15, -0.1) is 0 Å². The third-order valence-corrected chi connectivity index (χ3v) is 3.40. The molecule has 0 saturated heterocycles. The molecule has 148 valence electrons. The predicted octanol–water partition coefficient (Wildman–Crippen LogP) is 1.89. The minimum absolute atomic E-state index is 0.0272. The number of amides is 3. The highest BCUT2D eigenvalue weighted by Crippen LogP contribution is 2.35. The van der Waals surface area contributed by atoms with Crippen molar-refractivity contribution in [2.75, 3.05) is 12.1 Å². The van der Waals surface area contributed by atoms with Crippen LogP contribution < -0.4 is 20.1 Å². The fraction of sp³-hybridized carbons (Fsp3) is 0.214. The molecule has 0 radical (unpaired) electrons. The lowest BCUT2D eigenvalue weighted by Gasteiger charge is -2.07. The number of hydrogen-bond acceptors (Lipinski definition) is 7. The zero-order valence-electron chi connectivity index (χ0n) is 13.6. The van der Waals surface area contributed by atoms with Crippen LogP contribution in [0.3, 0.4) is 0 Å². The van der Waals surface area contributed by atoms with Gasteiger partial charge in [0.05, 0.1) is 4.92 Å². The fourth-order valence-corrected chi connectivity index (χ4v) is 2.28. The highest BCUT2D eigenvalue weighted by atomic mass is 19.4. The molecule has 0 fully saturated rings. The van der Waals surface area contributed by atoms with E-state index in [2.05, 4.69) is 10.4 Å². The molecule has 14 heteroatoms. The second kappa shape index (κ2) is 7.05. The molecule has 3 amide bonds. The Hall–Kier alpha value is -3.84. The summed E-state index contributed by atoms with van der Waals surface area (Å²) >= 11 is 0. The number of fused-ring (bicyclic) bond motifs is 1. The first-order valence-electron chi connectivity index (χ1n) is 7.43. The number of imide groups is 1. The molecule has 0 unspecified atom stereocenters. The smallest absolute Gasteiger partial charge is 0.442 e. The molecule has 0 aliphatic carbocycles. The normalized spacial score (nSPS) is 12.5. The summed E-state index contributed by atoms with van der Waals surface area (Å²) in [5.74, 6) is -0.181. The number of nitrogens with zero attached hydrogens (tertiary/aromatic N) is 3. The van der Waals surface area contributed by atoms with E-state index in [9.17, 15) is 32.9 Å². The highest BCUT2D eigenvalue weighted by Gasteiger charge is 2.42. The average molecular weight is 401 g/mol. The van der Waals surface area contributed by atoms with E-state index in [1.165, 1.54) is 18.2 Å². The largest absolute Gasteiger partial charge is 0.454 e. The zero-order chi connectivity index (χ0) is 20.5. The number of nitro groups is 1. The van der Waals surface area contributed by atoms with E-state index in [-0.39, 0.29) is 12.5 Å². The first-order valence-corrected chi connectivity index (χ1v) is 7.43. The Balaban J connectivity index is 1.62. The number of carbonyl (C=O) groups is 2. The molecule has 1 aliphatic heterocycles. The van der Waals surface area contributed by atoms with E-state index in [4.69, 9.17) is 9.47 Å². The first kappa shape index (κ1) is 18.9. The fourth-order valence-electron chi connectivity index (χ4n) is 2.28. The van der Waals surface area contributed by atoms with Crippen molar-refractivity contribution in [1.29, 1.82) is 0 Å². The molecule has 0 atom stereocenters. The number of benzene rings is 1. The minimum Gasteiger partial charge on any atom is -0.454 e. The molecule has 2 heterocycles. The van der Waals surface area contributed by atoms with E-state index in [1.807, 2.05) is 5.32 Å². The van der Waals surface area contributed by atoms with E-state index in [0.717, 1.165) is 0 Å². The number of urea groups is 1. The molecule has 1 aromatic carbocycles. The van der Waals surface area contributed by atoms with Crippen LogP contribution in [0.1, 0.15) is 5.69 Å². The lowest BCUT2D eigenvalue weighted by Crippen LogP contribution is -2.36. The van der Waals surface area contributed by atoms with Crippen molar-refractivity contribution in [3.8, 4) is 11.5 Å². The van der Waals surface area contributed by atoms with Crippen molar-refractivity contribution in [2.24, 2.45) is 0 Å². The van der Waals surface area contributed by atoms with Gasteiger partial charge in [0.2, 0.25) is 18.4 Å². The number of nitrogens with one attached hydrogen (secondary N) is 2. The first-order chi connectivity index (χ1) is 13.1. The molecule has 0 saturated carbocycles. The van der Waals surface area contributed by atoms with E-state index in [0.29, 0.717) is 22.4 Å². The van der Waals surface area contributed by atoms with Gasteiger partial charge in [0.25, 0.3) is 0 Å². The molecule has 2 aromatic rings. The summed E-state index contributed by atoms with van der Waals surface area (Å²) in [5, 5.41) is 17.9. The molecule has 0 spiro atoms. The molecule has 2 N–H and O–H groups in total. The molecule has 3 rings (SSSR count). The summed E-state index contributed by atoms with van der Waals surface area (Å²) < 4.78 is 48.9. The van der Waals surface area contributed by atoms with Gasteiger partial charge in [-0.25, -0.2) is 4.79 Å².